The topological polar surface area (TPSA) is 133 Å². The van der Waals surface area contributed by atoms with E-state index in [2.05, 4.69) is 54.6 Å². The number of carboxylic acid groups (broad SMARTS) is 1. The van der Waals surface area contributed by atoms with Crippen LogP contribution in [0.5, 0.6) is 0 Å². The van der Waals surface area contributed by atoms with Crippen LogP contribution in [0.25, 0.3) is 0 Å². The van der Waals surface area contributed by atoms with Crippen molar-refractivity contribution in [1.29, 1.82) is 0 Å². The van der Waals surface area contributed by atoms with E-state index < -0.39 is 17.9 Å². The Morgan fingerprint density at radius 1 is 1.00 bits per heavy atom. The molecule has 0 bridgehead atoms. The third-order valence-electron chi connectivity index (χ3n) is 4.40. The zero-order valence-electron chi connectivity index (χ0n) is 24.6. The molecule has 0 fully saturated rings. The van der Waals surface area contributed by atoms with Crippen LogP contribution in [0.3, 0.4) is 0 Å². The summed E-state index contributed by atoms with van der Waals surface area (Å²) in [5.41, 5.74) is 4.06. The number of amides is 1. The van der Waals surface area contributed by atoms with E-state index in [4.69, 9.17) is 9.90 Å². The number of nitrogens with zero attached hydrogens (tertiary/aromatic N) is 1. The van der Waals surface area contributed by atoms with E-state index in [0.717, 1.165) is 19.4 Å². The van der Waals surface area contributed by atoms with Crippen molar-refractivity contribution in [3.63, 3.8) is 0 Å². The lowest BCUT2D eigenvalue weighted by molar-refractivity contribution is -0.137. The Labute approximate surface area is 224 Å². The normalized spacial score (nSPS) is 9.57. The number of anilines is 1. The zero-order chi connectivity index (χ0) is 29.8. The van der Waals surface area contributed by atoms with Gasteiger partial charge in [-0.05, 0) is 52.3 Å². The summed E-state index contributed by atoms with van der Waals surface area (Å²) in [5, 5.41) is 13.9. The van der Waals surface area contributed by atoms with E-state index in [-0.39, 0.29) is 31.5 Å². The summed E-state index contributed by atoms with van der Waals surface area (Å²) in [4.78, 5) is 53.7. The number of nitrogens with one attached hydrogen (secondary N) is 2. The van der Waals surface area contributed by atoms with Crippen molar-refractivity contribution in [2.75, 3.05) is 32.1 Å². The molecule has 37 heavy (non-hydrogen) atoms. The first kappa shape index (κ1) is 41.1. The van der Waals surface area contributed by atoms with Gasteiger partial charge in [0, 0.05) is 45.1 Å². The lowest BCUT2D eigenvalue weighted by atomic mass is 10.1. The number of aryl methyl sites for hydroxylation is 2. The monoisotopic (exact) mass is 525 g/mol. The smallest absolute Gasteiger partial charge is 0.303 e. The molecule has 0 aromatic heterocycles. The van der Waals surface area contributed by atoms with Crippen molar-refractivity contribution < 1.29 is 29.1 Å². The molecule has 214 valence electrons. The first-order valence-corrected chi connectivity index (χ1v) is 12.8. The SMILES string of the molecule is CC.CC.CC(=O)CCC(=O)NC(C=O)CCC(=O)O.CC=O.CNCCN(C)c1c(C)cccc1C. The van der Waals surface area contributed by atoms with Crippen LogP contribution in [-0.2, 0) is 24.0 Å². The Balaban J connectivity index is -0.000000237. The first-order chi connectivity index (χ1) is 17.5. The fourth-order valence-electron chi connectivity index (χ4n) is 2.82. The van der Waals surface area contributed by atoms with Crippen LogP contribution in [0.2, 0.25) is 0 Å². The van der Waals surface area contributed by atoms with Crippen LogP contribution in [-0.4, -0.2) is 68.6 Å². The number of hydrogen-bond acceptors (Lipinski definition) is 7. The van der Waals surface area contributed by atoms with Crippen molar-refractivity contribution in [2.45, 2.75) is 87.1 Å². The van der Waals surface area contributed by atoms with Crippen LogP contribution < -0.4 is 15.5 Å². The second kappa shape index (κ2) is 29.2. The second-order valence-corrected chi connectivity index (χ2v) is 7.45. The molecule has 3 N–H and O–H groups in total. The highest BCUT2D eigenvalue weighted by molar-refractivity contribution is 5.85. The van der Waals surface area contributed by atoms with E-state index in [1.807, 2.05) is 34.7 Å². The number of para-hydroxylation sites is 1. The summed E-state index contributed by atoms with van der Waals surface area (Å²) in [7, 11) is 4.13. The Kier molecular flexibility index (Phi) is 32.4. The summed E-state index contributed by atoms with van der Waals surface area (Å²) < 4.78 is 0. The van der Waals surface area contributed by atoms with Crippen molar-refractivity contribution in [3.8, 4) is 0 Å². The van der Waals surface area contributed by atoms with Gasteiger partial charge in [0.25, 0.3) is 0 Å². The molecule has 1 rings (SSSR count). The molecule has 0 saturated heterocycles. The summed E-state index contributed by atoms with van der Waals surface area (Å²) in [6, 6.07) is 5.65. The maximum absolute atomic E-state index is 11.2. The van der Waals surface area contributed by atoms with Gasteiger partial charge < -0.3 is 35.0 Å². The number of aldehydes is 2. The van der Waals surface area contributed by atoms with Gasteiger partial charge in [-0.2, -0.15) is 0 Å². The molecule has 0 spiro atoms. The maximum Gasteiger partial charge on any atom is 0.303 e. The molecular formula is C28H51N3O6. The van der Waals surface area contributed by atoms with E-state index in [0.29, 0.717) is 6.29 Å². The molecule has 0 aliphatic rings. The number of benzene rings is 1. The fraction of sp³-hybridized carbons (Fsp3) is 0.607. The number of likely N-dealkylation sites (N-methyl/N-ethyl adjacent to an activating group) is 2. The molecule has 0 radical (unpaired) electrons. The Bertz CT molecular complexity index is 733. The highest BCUT2D eigenvalue weighted by Gasteiger charge is 2.13. The molecule has 9 nitrogen and oxygen atoms in total. The fourth-order valence-corrected chi connectivity index (χ4v) is 2.82. The predicted molar refractivity (Wildman–Crippen MR) is 152 cm³/mol. The van der Waals surface area contributed by atoms with Gasteiger partial charge in [-0.3, -0.25) is 9.59 Å². The first-order valence-electron chi connectivity index (χ1n) is 12.8. The number of carboxylic acids is 1. The molecule has 1 amide bonds. The van der Waals surface area contributed by atoms with E-state index in [9.17, 15) is 19.2 Å². The largest absolute Gasteiger partial charge is 0.481 e. The lowest BCUT2D eigenvalue weighted by Crippen LogP contribution is -2.36. The summed E-state index contributed by atoms with van der Waals surface area (Å²) >= 11 is 0. The average molecular weight is 526 g/mol. The predicted octanol–water partition coefficient (Wildman–Crippen LogP) is 4.12. The lowest BCUT2D eigenvalue weighted by Gasteiger charge is -2.23. The standard InChI is InChI=1S/C12H20N2.C10H15NO5.C2H4O.2C2H6/c1-10-6-5-7-11(2)12(10)14(4)9-8-13-3;1-7(13)2-4-9(14)11-8(6-12)3-5-10(15)16;1-2-3;2*1-2/h5-7,13H,8-9H2,1-4H3;6,8H,2-5H2,1H3,(H,11,14)(H,15,16);2H,1H3;2*1-2H3. The van der Waals surface area contributed by atoms with E-state index in [1.54, 1.807) is 0 Å². The van der Waals surface area contributed by atoms with Gasteiger partial charge in [0.15, 0.2) is 0 Å². The van der Waals surface area contributed by atoms with E-state index >= 15 is 0 Å². The van der Waals surface area contributed by atoms with Crippen molar-refractivity contribution in [2.24, 2.45) is 0 Å². The van der Waals surface area contributed by atoms with Crippen molar-refractivity contribution in [3.05, 3.63) is 29.3 Å². The number of hydrogen-bond donors (Lipinski definition) is 3. The summed E-state index contributed by atoms with van der Waals surface area (Å²) in [6.45, 7) is 17.2. The minimum absolute atomic E-state index is 0.0206. The quantitative estimate of drug-likeness (QED) is 0.347. The molecule has 0 saturated carbocycles. The highest BCUT2D eigenvalue weighted by atomic mass is 16.4. The van der Waals surface area contributed by atoms with Gasteiger partial charge in [0.1, 0.15) is 18.4 Å². The van der Waals surface area contributed by atoms with Gasteiger partial charge >= 0.3 is 5.97 Å². The maximum atomic E-state index is 11.2. The van der Waals surface area contributed by atoms with Crippen molar-refractivity contribution >= 4 is 35.9 Å². The number of ketones is 1. The molecule has 1 unspecified atom stereocenters. The molecule has 1 aromatic rings. The van der Waals surface area contributed by atoms with Crippen LogP contribution in [0, 0.1) is 13.8 Å². The van der Waals surface area contributed by atoms with Crippen LogP contribution in [0.4, 0.5) is 5.69 Å². The second-order valence-electron chi connectivity index (χ2n) is 7.45. The summed E-state index contributed by atoms with van der Waals surface area (Å²) in [5.74, 6) is -1.55. The van der Waals surface area contributed by atoms with Gasteiger partial charge in [0.2, 0.25) is 5.91 Å². The molecule has 0 aliphatic heterocycles. The molecule has 9 heteroatoms. The van der Waals surface area contributed by atoms with E-state index in [1.165, 1.54) is 30.7 Å². The molecule has 1 atom stereocenters. The number of rotatable bonds is 12. The summed E-state index contributed by atoms with van der Waals surface area (Å²) in [6.07, 6.45) is 1.26. The molecule has 0 aliphatic carbocycles. The average Bonchev–Trinajstić information content (AvgIpc) is 2.87. The van der Waals surface area contributed by atoms with Crippen LogP contribution >= 0.6 is 0 Å². The van der Waals surface area contributed by atoms with Gasteiger partial charge in [-0.25, -0.2) is 0 Å². The Morgan fingerprint density at radius 2 is 1.49 bits per heavy atom. The number of aliphatic carboxylic acids is 1. The minimum atomic E-state index is -1.02. The Hall–Kier alpha value is -3.07. The van der Waals surface area contributed by atoms with Gasteiger partial charge in [-0.1, -0.05) is 45.9 Å². The third kappa shape index (κ3) is 25.8. The number of Topliss-reactive ketones (excluding diaryl/α,β-unsaturated/α-hetero) is 1. The molecular weight excluding hydrogens is 474 g/mol. The molecule has 0 heterocycles. The van der Waals surface area contributed by atoms with Gasteiger partial charge in [-0.15, -0.1) is 0 Å². The van der Waals surface area contributed by atoms with Crippen LogP contribution in [0.1, 0.15) is 78.4 Å². The number of carbonyl (C=O) groups excluding carboxylic acids is 4. The number of carbonyl (C=O) groups is 5. The van der Waals surface area contributed by atoms with Gasteiger partial charge in [0.05, 0.1) is 6.04 Å². The highest BCUT2D eigenvalue weighted by Crippen LogP contribution is 2.22. The van der Waals surface area contributed by atoms with Crippen molar-refractivity contribution in [1.82, 2.24) is 10.6 Å². The zero-order valence-corrected chi connectivity index (χ0v) is 24.6. The third-order valence-corrected chi connectivity index (χ3v) is 4.40. The van der Waals surface area contributed by atoms with Crippen LogP contribution in [0.15, 0.2) is 18.2 Å². The minimum Gasteiger partial charge on any atom is -0.481 e. The molecule has 1 aromatic carbocycles. The Morgan fingerprint density at radius 3 is 1.86 bits per heavy atom.